The van der Waals surface area contributed by atoms with E-state index in [0.717, 1.165) is 21.7 Å². The van der Waals surface area contributed by atoms with E-state index in [0.29, 0.717) is 17.1 Å². The minimum absolute atomic E-state index is 0.0500. The van der Waals surface area contributed by atoms with Crippen molar-refractivity contribution >= 4 is 47.0 Å². The van der Waals surface area contributed by atoms with E-state index < -0.39 is 12.0 Å². The molecule has 0 bridgehead atoms. The second-order valence-corrected chi connectivity index (χ2v) is 11.0. The predicted octanol–water partition coefficient (Wildman–Crippen LogP) is 4.11. The standard InChI is InChI=1S/C29H27N3O5S2/c1-18-23(39-17-30-18)13-10-21-16-38-28-25(31-24(33)14-19-6-4-3-5-7-19)27(34)32(28)26(21)29(35)37-15-20-8-11-22(36-2)12-9-20/h3-13,17,25,28H,14-16H2,1-2H3,(H,31,33)/b13-10+/t25?,28-/m1/s1. The van der Waals surface area contributed by atoms with E-state index in [-0.39, 0.29) is 35.9 Å². The van der Waals surface area contributed by atoms with Gasteiger partial charge >= 0.3 is 5.97 Å². The van der Waals surface area contributed by atoms with Gasteiger partial charge in [-0.3, -0.25) is 14.5 Å². The number of methoxy groups -OCH3 is 1. The van der Waals surface area contributed by atoms with Crippen molar-refractivity contribution in [1.82, 2.24) is 15.2 Å². The fourth-order valence-electron chi connectivity index (χ4n) is 4.35. The first-order valence-corrected chi connectivity index (χ1v) is 14.3. The molecule has 1 fully saturated rings. The molecule has 10 heteroatoms. The molecule has 1 aromatic heterocycles. The van der Waals surface area contributed by atoms with Gasteiger partial charge in [0.2, 0.25) is 5.91 Å². The number of rotatable bonds is 9. The third kappa shape index (κ3) is 5.91. The number of nitrogens with zero attached hydrogens (tertiary/aromatic N) is 2. The predicted molar refractivity (Wildman–Crippen MR) is 151 cm³/mol. The number of carbonyl (C=O) groups is 3. The van der Waals surface area contributed by atoms with E-state index >= 15 is 0 Å². The number of fused-ring (bicyclic) bond motifs is 1. The molecule has 2 aliphatic heterocycles. The molecular weight excluding hydrogens is 534 g/mol. The summed E-state index contributed by atoms with van der Waals surface area (Å²) in [6.07, 6.45) is 3.93. The summed E-state index contributed by atoms with van der Waals surface area (Å²) >= 11 is 3.01. The Morgan fingerprint density at radius 3 is 2.56 bits per heavy atom. The van der Waals surface area contributed by atoms with Gasteiger partial charge in [0.05, 0.1) is 24.7 Å². The third-order valence-electron chi connectivity index (χ3n) is 6.46. The van der Waals surface area contributed by atoms with Crippen molar-refractivity contribution in [3.63, 3.8) is 0 Å². The number of amides is 2. The topological polar surface area (TPSA) is 97.8 Å². The molecule has 3 heterocycles. The Balaban J connectivity index is 1.34. The van der Waals surface area contributed by atoms with Gasteiger partial charge < -0.3 is 14.8 Å². The number of carbonyl (C=O) groups excluding carboxylic acids is 3. The number of hydrogen-bond acceptors (Lipinski definition) is 8. The number of thiazole rings is 1. The van der Waals surface area contributed by atoms with Crippen LogP contribution in [0, 0.1) is 6.92 Å². The molecule has 2 amide bonds. The van der Waals surface area contributed by atoms with Gasteiger partial charge in [-0.15, -0.1) is 23.1 Å². The lowest BCUT2D eigenvalue weighted by Crippen LogP contribution is -2.70. The van der Waals surface area contributed by atoms with E-state index in [1.165, 1.54) is 28.0 Å². The Bertz CT molecular complexity index is 1430. The molecule has 2 aromatic carbocycles. The molecule has 8 nitrogen and oxygen atoms in total. The Morgan fingerprint density at radius 1 is 1.10 bits per heavy atom. The number of hydrogen-bond donors (Lipinski definition) is 1. The second kappa shape index (κ2) is 11.9. The van der Waals surface area contributed by atoms with Crippen molar-refractivity contribution < 1.29 is 23.9 Å². The molecule has 1 saturated heterocycles. The number of β-lactam (4-membered cyclic amide) rings is 1. The van der Waals surface area contributed by atoms with E-state index in [1.54, 1.807) is 24.8 Å². The van der Waals surface area contributed by atoms with Crippen LogP contribution in [0.25, 0.3) is 6.08 Å². The van der Waals surface area contributed by atoms with Crippen molar-refractivity contribution in [3.05, 3.63) is 99.2 Å². The largest absolute Gasteiger partial charge is 0.497 e. The second-order valence-electron chi connectivity index (χ2n) is 9.05. The molecule has 1 unspecified atom stereocenters. The fourth-order valence-corrected chi connectivity index (χ4v) is 6.36. The first kappa shape index (κ1) is 26.7. The smallest absolute Gasteiger partial charge is 0.355 e. The summed E-state index contributed by atoms with van der Waals surface area (Å²) in [6.45, 7) is 1.97. The van der Waals surface area contributed by atoms with Crippen LogP contribution in [0.2, 0.25) is 0 Å². The van der Waals surface area contributed by atoms with Crippen molar-refractivity contribution in [2.75, 3.05) is 12.9 Å². The van der Waals surface area contributed by atoms with Gasteiger partial charge in [0.1, 0.15) is 29.5 Å². The van der Waals surface area contributed by atoms with Crippen LogP contribution in [-0.4, -0.2) is 51.9 Å². The van der Waals surface area contributed by atoms with Gasteiger partial charge in [-0.05, 0) is 41.8 Å². The number of allylic oxidation sites excluding steroid dienone is 1. The monoisotopic (exact) mass is 561 g/mol. The number of aryl methyl sites for hydroxylation is 1. The highest BCUT2D eigenvalue weighted by atomic mass is 32.2. The van der Waals surface area contributed by atoms with Crippen LogP contribution < -0.4 is 10.1 Å². The Labute approximate surface area is 234 Å². The lowest BCUT2D eigenvalue weighted by molar-refractivity contribution is -0.153. The van der Waals surface area contributed by atoms with Crippen LogP contribution in [0.15, 0.2) is 77.5 Å². The highest BCUT2D eigenvalue weighted by molar-refractivity contribution is 8.00. The molecule has 3 aromatic rings. The summed E-state index contributed by atoms with van der Waals surface area (Å²) in [5.41, 5.74) is 5.22. The van der Waals surface area contributed by atoms with Gasteiger partial charge in [-0.25, -0.2) is 9.78 Å². The Morgan fingerprint density at radius 2 is 1.87 bits per heavy atom. The minimum Gasteiger partial charge on any atom is -0.497 e. The molecule has 200 valence electrons. The lowest BCUT2D eigenvalue weighted by Gasteiger charge is -2.49. The summed E-state index contributed by atoms with van der Waals surface area (Å²) in [5, 5.41) is 2.47. The van der Waals surface area contributed by atoms with Crippen molar-refractivity contribution in [2.24, 2.45) is 0 Å². The maximum absolute atomic E-state index is 13.4. The number of aromatic nitrogens is 1. The van der Waals surface area contributed by atoms with Gasteiger partial charge in [0.15, 0.2) is 0 Å². The first-order valence-electron chi connectivity index (χ1n) is 12.3. The van der Waals surface area contributed by atoms with Crippen molar-refractivity contribution in [2.45, 2.75) is 31.4 Å². The fraction of sp³-hybridized carbons (Fsp3) is 0.241. The molecule has 0 spiro atoms. The maximum atomic E-state index is 13.4. The number of nitrogens with one attached hydrogen (secondary N) is 1. The van der Waals surface area contributed by atoms with Crippen molar-refractivity contribution in [3.8, 4) is 5.75 Å². The highest BCUT2D eigenvalue weighted by Gasteiger charge is 2.54. The van der Waals surface area contributed by atoms with Crippen LogP contribution in [0.4, 0.5) is 0 Å². The summed E-state index contributed by atoms with van der Waals surface area (Å²) in [4.78, 5) is 46.1. The van der Waals surface area contributed by atoms with E-state index in [2.05, 4.69) is 10.3 Å². The van der Waals surface area contributed by atoms with Gasteiger partial charge in [-0.2, -0.15) is 0 Å². The number of ether oxygens (including phenoxy) is 2. The van der Waals surface area contributed by atoms with Gasteiger partial charge in [0, 0.05) is 10.6 Å². The number of benzene rings is 2. The normalized spacial score (nSPS) is 18.5. The molecule has 1 N–H and O–H groups in total. The zero-order valence-corrected chi connectivity index (χ0v) is 23.1. The summed E-state index contributed by atoms with van der Waals surface area (Å²) in [6, 6.07) is 15.9. The molecule has 0 aliphatic carbocycles. The number of esters is 1. The van der Waals surface area contributed by atoms with E-state index in [9.17, 15) is 14.4 Å². The zero-order valence-electron chi connectivity index (χ0n) is 21.5. The number of thioether (sulfide) groups is 1. The minimum atomic E-state index is -0.704. The average molecular weight is 562 g/mol. The van der Waals surface area contributed by atoms with Crippen LogP contribution in [-0.2, 0) is 32.1 Å². The zero-order chi connectivity index (χ0) is 27.4. The summed E-state index contributed by atoms with van der Waals surface area (Å²) in [7, 11) is 1.59. The summed E-state index contributed by atoms with van der Waals surface area (Å²) < 4.78 is 10.8. The van der Waals surface area contributed by atoms with Crippen molar-refractivity contribution in [1.29, 1.82) is 0 Å². The van der Waals surface area contributed by atoms with E-state index in [1.807, 2.05) is 61.5 Å². The van der Waals surface area contributed by atoms with Gasteiger partial charge in [0.25, 0.3) is 5.91 Å². The van der Waals surface area contributed by atoms with Crippen LogP contribution in [0.3, 0.4) is 0 Å². The van der Waals surface area contributed by atoms with Gasteiger partial charge in [-0.1, -0.05) is 48.5 Å². The molecule has 2 aliphatic rings. The molecule has 39 heavy (non-hydrogen) atoms. The quantitative estimate of drug-likeness (QED) is 0.310. The Hall–Kier alpha value is -3.89. The highest BCUT2D eigenvalue weighted by Crippen LogP contribution is 2.41. The molecule has 5 rings (SSSR count). The SMILES string of the molecule is COc1ccc(COC(=O)C2=C(/C=C/c3scnc3C)CS[C@@H]3C(NC(=O)Cc4ccccc4)C(=O)N23)cc1. The Kier molecular flexibility index (Phi) is 8.13. The molecule has 0 saturated carbocycles. The van der Waals surface area contributed by atoms with Crippen LogP contribution in [0.1, 0.15) is 21.7 Å². The first-order chi connectivity index (χ1) is 18.9. The van der Waals surface area contributed by atoms with Crippen LogP contribution in [0.5, 0.6) is 5.75 Å². The summed E-state index contributed by atoms with van der Waals surface area (Å²) in [5.74, 6) is 0.0426. The van der Waals surface area contributed by atoms with E-state index in [4.69, 9.17) is 9.47 Å². The molecule has 2 atom stereocenters. The van der Waals surface area contributed by atoms with Crippen LogP contribution >= 0.6 is 23.1 Å². The molecular formula is C29H27N3O5S2. The molecule has 0 radical (unpaired) electrons. The third-order valence-corrected chi connectivity index (χ3v) is 8.66. The maximum Gasteiger partial charge on any atom is 0.355 e. The average Bonchev–Trinajstić information content (AvgIpc) is 3.38. The lowest BCUT2D eigenvalue weighted by atomic mass is 10.0.